The minimum absolute atomic E-state index is 0.0305. The number of benzene rings is 1. The van der Waals surface area contributed by atoms with Gasteiger partial charge in [0.25, 0.3) is 5.91 Å². The van der Waals surface area contributed by atoms with Crippen molar-refractivity contribution in [3.8, 4) is 5.75 Å². The highest BCUT2D eigenvalue weighted by Crippen LogP contribution is 2.28. The van der Waals surface area contributed by atoms with Gasteiger partial charge in [0.2, 0.25) is 0 Å². The van der Waals surface area contributed by atoms with Crippen LogP contribution in [0.1, 0.15) is 25.7 Å². The number of ether oxygens (including phenoxy) is 2. The molecule has 2 heterocycles. The number of likely N-dealkylation sites (tertiary alicyclic amines) is 1. The van der Waals surface area contributed by atoms with Crippen LogP contribution in [0.4, 0.5) is 8.78 Å². The fraction of sp³-hybridized carbons (Fsp3) is 0.611. The van der Waals surface area contributed by atoms with Gasteiger partial charge in [-0.25, -0.2) is 8.78 Å². The van der Waals surface area contributed by atoms with Crippen LogP contribution >= 0.6 is 0 Å². The van der Waals surface area contributed by atoms with Crippen LogP contribution < -0.4 is 10.1 Å². The standard InChI is InChI=1S/C18H24F2N2O3/c1-24-18(6-8-21-9-7-18)17(23)22-10-4-14(5-11-22)25-16-3-2-13(19)12-15(16)20/h2-3,12,14,21H,4-11H2,1H3. The van der Waals surface area contributed by atoms with E-state index in [1.807, 2.05) is 4.90 Å². The van der Waals surface area contributed by atoms with Crippen LogP contribution in [0.3, 0.4) is 0 Å². The highest BCUT2D eigenvalue weighted by Gasteiger charge is 2.43. The predicted octanol–water partition coefficient (Wildman–Crippen LogP) is 2.10. The Morgan fingerprint density at radius 3 is 2.52 bits per heavy atom. The lowest BCUT2D eigenvalue weighted by molar-refractivity contribution is -0.160. The number of halogens is 2. The molecule has 1 aromatic rings. The van der Waals surface area contributed by atoms with Gasteiger partial charge in [-0.3, -0.25) is 4.79 Å². The van der Waals surface area contributed by atoms with Gasteiger partial charge in [0.1, 0.15) is 17.5 Å². The van der Waals surface area contributed by atoms with E-state index in [2.05, 4.69) is 5.32 Å². The van der Waals surface area contributed by atoms with Crippen LogP contribution in [0.25, 0.3) is 0 Å². The summed E-state index contributed by atoms with van der Waals surface area (Å²) in [5.74, 6) is -1.25. The molecule has 0 atom stereocenters. The molecule has 1 amide bonds. The van der Waals surface area contributed by atoms with E-state index >= 15 is 0 Å². The topological polar surface area (TPSA) is 50.8 Å². The molecule has 5 nitrogen and oxygen atoms in total. The molecule has 1 N–H and O–H groups in total. The second-order valence-corrected chi connectivity index (χ2v) is 6.63. The van der Waals surface area contributed by atoms with E-state index in [-0.39, 0.29) is 17.8 Å². The van der Waals surface area contributed by atoms with Crippen molar-refractivity contribution in [2.75, 3.05) is 33.3 Å². The van der Waals surface area contributed by atoms with Crippen LogP contribution in [0.2, 0.25) is 0 Å². The van der Waals surface area contributed by atoms with Crippen molar-refractivity contribution in [2.45, 2.75) is 37.4 Å². The fourth-order valence-electron chi connectivity index (χ4n) is 3.55. The minimum atomic E-state index is -0.734. The van der Waals surface area contributed by atoms with Crippen LogP contribution in [0, 0.1) is 11.6 Å². The van der Waals surface area contributed by atoms with Crippen molar-refractivity contribution in [1.29, 1.82) is 0 Å². The summed E-state index contributed by atoms with van der Waals surface area (Å²) in [7, 11) is 1.59. The van der Waals surface area contributed by atoms with Gasteiger partial charge in [-0.15, -0.1) is 0 Å². The third-order valence-electron chi connectivity index (χ3n) is 5.11. The molecule has 0 aliphatic carbocycles. The van der Waals surface area contributed by atoms with Gasteiger partial charge in [0.05, 0.1) is 0 Å². The number of nitrogens with one attached hydrogen (secondary N) is 1. The van der Waals surface area contributed by atoms with Gasteiger partial charge in [-0.1, -0.05) is 0 Å². The van der Waals surface area contributed by atoms with Gasteiger partial charge in [-0.05, 0) is 38.1 Å². The van der Waals surface area contributed by atoms with Crippen molar-refractivity contribution in [3.63, 3.8) is 0 Å². The summed E-state index contributed by atoms with van der Waals surface area (Å²) >= 11 is 0. The van der Waals surface area contributed by atoms with Crippen molar-refractivity contribution in [2.24, 2.45) is 0 Å². The Morgan fingerprint density at radius 1 is 1.24 bits per heavy atom. The Balaban J connectivity index is 1.57. The second kappa shape index (κ2) is 7.66. The Hall–Kier alpha value is -1.73. The average molecular weight is 354 g/mol. The molecular weight excluding hydrogens is 330 g/mol. The Bertz CT molecular complexity index is 612. The number of carbonyl (C=O) groups excluding carboxylic acids is 1. The molecule has 0 saturated carbocycles. The molecule has 2 fully saturated rings. The van der Waals surface area contributed by atoms with Gasteiger partial charge in [0.15, 0.2) is 11.6 Å². The van der Waals surface area contributed by atoms with Crippen LogP contribution in [-0.4, -0.2) is 55.8 Å². The minimum Gasteiger partial charge on any atom is -0.487 e. The van der Waals surface area contributed by atoms with Crippen molar-refractivity contribution in [1.82, 2.24) is 10.2 Å². The maximum atomic E-state index is 13.7. The van der Waals surface area contributed by atoms with Gasteiger partial charge >= 0.3 is 0 Å². The molecule has 2 aliphatic rings. The number of methoxy groups -OCH3 is 1. The van der Waals surface area contributed by atoms with E-state index in [4.69, 9.17) is 9.47 Å². The lowest BCUT2D eigenvalue weighted by Gasteiger charge is -2.41. The molecule has 0 aromatic heterocycles. The molecule has 0 spiro atoms. The zero-order valence-electron chi connectivity index (χ0n) is 14.4. The Kier molecular flexibility index (Phi) is 5.54. The molecule has 2 aliphatic heterocycles. The highest BCUT2D eigenvalue weighted by atomic mass is 19.1. The molecule has 2 saturated heterocycles. The van der Waals surface area contributed by atoms with Gasteiger partial charge in [-0.2, -0.15) is 0 Å². The van der Waals surface area contributed by atoms with Gasteiger partial charge < -0.3 is 19.7 Å². The first-order valence-corrected chi connectivity index (χ1v) is 8.71. The number of carbonyl (C=O) groups is 1. The van der Waals surface area contributed by atoms with Crippen LogP contribution in [0.5, 0.6) is 5.75 Å². The quantitative estimate of drug-likeness (QED) is 0.900. The smallest absolute Gasteiger partial charge is 0.254 e. The molecule has 138 valence electrons. The maximum absolute atomic E-state index is 13.7. The first-order valence-electron chi connectivity index (χ1n) is 8.71. The molecule has 0 bridgehead atoms. The molecule has 25 heavy (non-hydrogen) atoms. The summed E-state index contributed by atoms with van der Waals surface area (Å²) in [5, 5.41) is 3.24. The summed E-state index contributed by atoms with van der Waals surface area (Å²) in [4.78, 5) is 14.7. The largest absolute Gasteiger partial charge is 0.487 e. The molecule has 0 radical (unpaired) electrons. The van der Waals surface area contributed by atoms with E-state index in [9.17, 15) is 13.6 Å². The van der Waals surface area contributed by atoms with E-state index in [0.717, 1.165) is 19.2 Å². The molecule has 7 heteroatoms. The number of nitrogens with zero attached hydrogens (tertiary/aromatic N) is 1. The lowest BCUT2D eigenvalue weighted by atomic mass is 9.89. The first kappa shape index (κ1) is 18.1. The number of amides is 1. The summed E-state index contributed by atoms with van der Waals surface area (Å²) in [6.07, 6.45) is 2.37. The second-order valence-electron chi connectivity index (χ2n) is 6.63. The predicted molar refractivity (Wildman–Crippen MR) is 88.4 cm³/mol. The van der Waals surface area contributed by atoms with E-state index in [1.165, 1.54) is 12.1 Å². The number of hydrogen-bond acceptors (Lipinski definition) is 4. The van der Waals surface area contributed by atoms with Crippen LogP contribution in [-0.2, 0) is 9.53 Å². The summed E-state index contributed by atoms with van der Waals surface area (Å²) in [5.41, 5.74) is -0.734. The number of hydrogen-bond donors (Lipinski definition) is 1. The zero-order chi connectivity index (χ0) is 17.9. The normalized spacial score (nSPS) is 21.2. The van der Waals surface area contributed by atoms with Crippen molar-refractivity contribution >= 4 is 5.91 Å². The summed E-state index contributed by atoms with van der Waals surface area (Å²) < 4.78 is 37.9. The third-order valence-corrected chi connectivity index (χ3v) is 5.11. The molecular formula is C18H24F2N2O3. The van der Waals surface area contributed by atoms with E-state index < -0.39 is 17.2 Å². The zero-order valence-corrected chi connectivity index (χ0v) is 14.4. The molecule has 3 rings (SSSR count). The third kappa shape index (κ3) is 3.93. The monoisotopic (exact) mass is 354 g/mol. The summed E-state index contributed by atoms with van der Waals surface area (Å²) in [6, 6.07) is 3.29. The highest BCUT2D eigenvalue weighted by molar-refractivity contribution is 5.85. The Morgan fingerprint density at radius 2 is 1.92 bits per heavy atom. The van der Waals surface area contributed by atoms with Gasteiger partial charge in [0, 0.05) is 39.1 Å². The SMILES string of the molecule is COC1(C(=O)N2CCC(Oc3ccc(F)cc3F)CC2)CCNCC1. The first-order chi connectivity index (χ1) is 12.0. The van der Waals surface area contributed by atoms with Crippen molar-refractivity contribution < 1.29 is 23.0 Å². The molecule has 0 unspecified atom stereocenters. The number of piperidine rings is 2. The maximum Gasteiger partial charge on any atom is 0.254 e. The lowest BCUT2D eigenvalue weighted by Crippen LogP contribution is -2.57. The fourth-order valence-corrected chi connectivity index (χ4v) is 3.55. The van der Waals surface area contributed by atoms with Crippen molar-refractivity contribution in [3.05, 3.63) is 29.8 Å². The van der Waals surface area contributed by atoms with E-state index in [0.29, 0.717) is 38.8 Å². The Labute approximate surface area is 146 Å². The van der Waals surface area contributed by atoms with Crippen LogP contribution in [0.15, 0.2) is 18.2 Å². The number of rotatable bonds is 4. The molecule has 1 aromatic carbocycles. The average Bonchev–Trinajstić information content (AvgIpc) is 2.64. The summed E-state index contributed by atoms with van der Waals surface area (Å²) in [6.45, 7) is 2.63. The van der Waals surface area contributed by atoms with E-state index in [1.54, 1.807) is 7.11 Å².